The Labute approximate surface area is 170 Å². The van der Waals surface area contributed by atoms with Gasteiger partial charge in [0.1, 0.15) is 15.8 Å². The summed E-state index contributed by atoms with van der Waals surface area (Å²) in [5.41, 5.74) is 2.63. The molecular weight excluding hydrogens is 399 g/mol. The summed E-state index contributed by atoms with van der Waals surface area (Å²) >= 11 is 2.74. The Kier molecular flexibility index (Phi) is 6.21. The number of esters is 1. The molecule has 146 valence electrons. The standard InChI is InChI=1S/C20H19FN2O3S2/c1-4-26-20(25)17-11(2)12(3)28-19(17)23-16(24)9-15-10-27-18(22-15)13-5-7-14(21)8-6-13/h5-8,10H,4,9H2,1-3H3,(H,23,24). The SMILES string of the molecule is CCOC(=O)c1c(NC(=O)Cc2csc(-c3ccc(F)cc3)n2)sc(C)c1C. The summed E-state index contributed by atoms with van der Waals surface area (Å²) in [6.07, 6.45) is 0.0793. The Balaban J connectivity index is 1.72. The number of rotatable bonds is 6. The number of benzene rings is 1. The number of halogens is 1. The fourth-order valence-corrected chi connectivity index (χ4v) is 4.50. The van der Waals surface area contributed by atoms with Gasteiger partial charge in [0.2, 0.25) is 5.91 Å². The normalized spacial score (nSPS) is 10.7. The number of thiophene rings is 1. The number of carbonyl (C=O) groups excluding carboxylic acids is 2. The first-order valence-corrected chi connectivity index (χ1v) is 10.4. The van der Waals surface area contributed by atoms with Crippen LogP contribution in [0.3, 0.4) is 0 Å². The summed E-state index contributed by atoms with van der Waals surface area (Å²) in [5.74, 6) is -1.01. The van der Waals surface area contributed by atoms with Gasteiger partial charge < -0.3 is 10.1 Å². The third kappa shape index (κ3) is 4.45. The van der Waals surface area contributed by atoms with Gasteiger partial charge in [0.15, 0.2) is 0 Å². The maximum absolute atomic E-state index is 13.1. The molecule has 0 aliphatic heterocycles. The maximum atomic E-state index is 13.1. The number of anilines is 1. The van der Waals surface area contributed by atoms with Crippen LogP contribution in [0.2, 0.25) is 0 Å². The Morgan fingerprint density at radius 2 is 1.93 bits per heavy atom. The molecule has 0 saturated carbocycles. The molecule has 0 radical (unpaired) electrons. The zero-order valence-corrected chi connectivity index (χ0v) is 17.3. The van der Waals surface area contributed by atoms with Crippen LogP contribution in [-0.4, -0.2) is 23.5 Å². The molecule has 0 spiro atoms. The number of aryl methyl sites for hydroxylation is 1. The van der Waals surface area contributed by atoms with E-state index < -0.39 is 5.97 Å². The molecule has 3 rings (SSSR count). The first-order chi connectivity index (χ1) is 13.4. The molecule has 0 bridgehead atoms. The van der Waals surface area contributed by atoms with Crippen LogP contribution in [-0.2, 0) is 16.0 Å². The van der Waals surface area contributed by atoms with Crippen LogP contribution in [0.25, 0.3) is 10.6 Å². The van der Waals surface area contributed by atoms with Crippen molar-refractivity contribution in [2.75, 3.05) is 11.9 Å². The molecule has 1 aromatic carbocycles. The fourth-order valence-electron chi connectivity index (χ4n) is 2.61. The summed E-state index contributed by atoms with van der Waals surface area (Å²) in [6.45, 7) is 5.74. The summed E-state index contributed by atoms with van der Waals surface area (Å²) in [6, 6.07) is 6.06. The molecule has 5 nitrogen and oxygen atoms in total. The molecular formula is C20H19FN2O3S2. The molecule has 0 unspecified atom stereocenters. The van der Waals surface area contributed by atoms with Crippen molar-refractivity contribution in [3.8, 4) is 10.6 Å². The van der Waals surface area contributed by atoms with E-state index in [1.165, 1.54) is 34.8 Å². The average Bonchev–Trinajstić information content (AvgIpc) is 3.20. The molecule has 8 heteroatoms. The molecule has 3 aromatic rings. The lowest BCUT2D eigenvalue weighted by atomic mass is 10.1. The van der Waals surface area contributed by atoms with Crippen LogP contribution in [0.1, 0.15) is 33.4 Å². The van der Waals surface area contributed by atoms with Gasteiger partial charge >= 0.3 is 5.97 Å². The highest BCUT2D eigenvalue weighted by Crippen LogP contribution is 2.33. The largest absolute Gasteiger partial charge is 0.462 e. The lowest BCUT2D eigenvalue weighted by Gasteiger charge is -2.06. The van der Waals surface area contributed by atoms with Gasteiger partial charge in [-0.2, -0.15) is 0 Å². The molecule has 0 fully saturated rings. The van der Waals surface area contributed by atoms with Gasteiger partial charge in [-0.15, -0.1) is 22.7 Å². The molecule has 1 N–H and O–H groups in total. The first kappa shape index (κ1) is 20.2. The number of hydrogen-bond acceptors (Lipinski definition) is 6. The second kappa shape index (κ2) is 8.62. The summed E-state index contributed by atoms with van der Waals surface area (Å²) in [7, 11) is 0. The van der Waals surface area contributed by atoms with Gasteiger partial charge in [-0.25, -0.2) is 14.2 Å². The Morgan fingerprint density at radius 3 is 2.61 bits per heavy atom. The van der Waals surface area contributed by atoms with Crippen molar-refractivity contribution in [3.63, 3.8) is 0 Å². The Hall–Kier alpha value is -2.58. The van der Waals surface area contributed by atoms with E-state index in [9.17, 15) is 14.0 Å². The van der Waals surface area contributed by atoms with Gasteiger partial charge in [-0.1, -0.05) is 0 Å². The van der Waals surface area contributed by atoms with Gasteiger partial charge in [0, 0.05) is 15.8 Å². The van der Waals surface area contributed by atoms with E-state index in [0.717, 1.165) is 21.0 Å². The molecule has 28 heavy (non-hydrogen) atoms. The van der Waals surface area contributed by atoms with Gasteiger partial charge in [-0.3, -0.25) is 4.79 Å². The third-order valence-electron chi connectivity index (χ3n) is 4.10. The highest BCUT2D eigenvalue weighted by atomic mass is 32.1. The molecule has 2 aromatic heterocycles. The highest BCUT2D eigenvalue weighted by molar-refractivity contribution is 7.16. The van der Waals surface area contributed by atoms with Crippen LogP contribution in [0.15, 0.2) is 29.6 Å². The maximum Gasteiger partial charge on any atom is 0.341 e. The number of thiazole rings is 1. The smallest absolute Gasteiger partial charge is 0.341 e. The lowest BCUT2D eigenvalue weighted by molar-refractivity contribution is -0.115. The van der Waals surface area contributed by atoms with E-state index in [4.69, 9.17) is 4.74 Å². The van der Waals surface area contributed by atoms with E-state index in [-0.39, 0.29) is 24.8 Å². The summed E-state index contributed by atoms with van der Waals surface area (Å²) in [5, 5.41) is 5.82. The first-order valence-electron chi connectivity index (χ1n) is 8.66. The van der Waals surface area contributed by atoms with E-state index in [2.05, 4.69) is 10.3 Å². The predicted octanol–water partition coefficient (Wildman–Crippen LogP) is 4.99. The minimum atomic E-state index is -0.438. The third-order valence-corrected chi connectivity index (χ3v) is 6.17. The number of hydrogen-bond donors (Lipinski definition) is 1. The van der Waals surface area contributed by atoms with Crippen LogP contribution in [0, 0.1) is 19.7 Å². The van der Waals surface area contributed by atoms with E-state index in [1.54, 1.807) is 24.4 Å². The van der Waals surface area contributed by atoms with E-state index in [1.807, 2.05) is 13.8 Å². The van der Waals surface area contributed by atoms with Crippen LogP contribution >= 0.6 is 22.7 Å². The molecule has 1 amide bonds. The molecule has 0 aliphatic carbocycles. The monoisotopic (exact) mass is 418 g/mol. The molecule has 0 saturated heterocycles. The Morgan fingerprint density at radius 1 is 1.21 bits per heavy atom. The van der Waals surface area contributed by atoms with Crippen molar-refractivity contribution in [2.45, 2.75) is 27.2 Å². The number of carbonyl (C=O) groups is 2. The van der Waals surface area contributed by atoms with E-state index in [0.29, 0.717) is 16.3 Å². The highest BCUT2D eigenvalue weighted by Gasteiger charge is 2.22. The second-order valence-electron chi connectivity index (χ2n) is 6.08. The quantitative estimate of drug-likeness (QED) is 0.573. The number of ether oxygens (including phenoxy) is 1. The van der Waals surface area contributed by atoms with Crippen LogP contribution in [0.4, 0.5) is 9.39 Å². The van der Waals surface area contributed by atoms with Crippen molar-refractivity contribution < 1.29 is 18.7 Å². The van der Waals surface area contributed by atoms with Crippen molar-refractivity contribution in [2.24, 2.45) is 0 Å². The fraction of sp³-hybridized carbons (Fsp3) is 0.250. The number of nitrogens with zero attached hydrogens (tertiary/aromatic N) is 1. The number of amides is 1. The topological polar surface area (TPSA) is 68.3 Å². The van der Waals surface area contributed by atoms with Gasteiger partial charge in [0.25, 0.3) is 0 Å². The van der Waals surface area contributed by atoms with E-state index >= 15 is 0 Å². The summed E-state index contributed by atoms with van der Waals surface area (Å²) in [4.78, 5) is 30.1. The van der Waals surface area contributed by atoms with Gasteiger partial charge in [0.05, 0.1) is 24.3 Å². The second-order valence-corrected chi connectivity index (χ2v) is 8.17. The molecule has 2 heterocycles. The number of nitrogens with one attached hydrogen (secondary N) is 1. The predicted molar refractivity (Wildman–Crippen MR) is 110 cm³/mol. The minimum Gasteiger partial charge on any atom is -0.462 e. The molecule has 0 aliphatic rings. The minimum absolute atomic E-state index is 0.0793. The van der Waals surface area contributed by atoms with Crippen LogP contribution in [0.5, 0.6) is 0 Å². The molecule has 0 atom stereocenters. The summed E-state index contributed by atoms with van der Waals surface area (Å²) < 4.78 is 18.2. The van der Waals surface area contributed by atoms with Crippen molar-refractivity contribution >= 4 is 39.6 Å². The zero-order valence-electron chi connectivity index (χ0n) is 15.7. The number of aromatic nitrogens is 1. The Bertz CT molecular complexity index is 1010. The average molecular weight is 419 g/mol. The van der Waals surface area contributed by atoms with Crippen molar-refractivity contribution in [1.29, 1.82) is 0 Å². The lowest BCUT2D eigenvalue weighted by Crippen LogP contribution is -2.16. The zero-order chi connectivity index (χ0) is 20.3. The van der Waals surface area contributed by atoms with Crippen molar-refractivity contribution in [1.82, 2.24) is 4.98 Å². The van der Waals surface area contributed by atoms with Crippen molar-refractivity contribution in [3.05, 3.63) is 57.2 Å². The van der Waals surface area contributed by atoms with Crippen LogP contribution < -0.4 is 5.32 Å². The van der Waals surface area contributed by atoms with Gasteiger partial charge in [-0.05, 0) is 50.6 Å².